The first-order chi connectivity index (χ1) is 11.5. The standard InChI is InChI=1S/C20H30O4/c1-4-5-6-7-11-15-23-18(21)20(2,3)19(22)24-16-14-17-12-9-8-10-13-17/h8-10,12-13H,4-7,11,14-16H2,1-3H3. The highest BCUT2D eigenvalue weighted by Gasteiger charge is 2.39. The summed E-state index contributed by atoms with van der Waals surface area (Å²) >= 11 is 0. The van der Waals surface area contributed by atoms with Gasteiger partial charge in [-0.3, -0.25) is 9.59 Å². The lowest BCUT2D eigenvalue weighted by Gasteiger charge is -2.20. The van der Waals surface area contributed by atoms with Gasteiger partial charge < -0.3 is 9.47 Å². The van der Waals surface area contributed by atoms with Gasteiger partial charge in [0.05, 0.1) is 13.2 Å². The molecule has 0 saturated heterocycles. The van der Waals surface area contributed by atoms with Crippen molar-refractivity contribution in [3.05, 3.63) is 35.9 Å². The van der Waals surface area contributed by atoms with Crippen molar-refractivity contribution in [2.24, 2.45) is 5.41 Å². The molecule has 1 aromatic carbocycles. The van der Waals surface area contributed by atoms with Crippen LogP contribution in [-0.2, 0) is 25.5 Å². The maximum atomic E-state index is 12.1. The minimum Gasteiger partial charge on any atom is -0.465 e. The summed E-state index contributed by atoms with van der Waals surface area (Å²) in [6.07, 6.45) is 6.05. The fourth-order valence-electron chi connectivity index (χ4n) is 2.22. The third-order valence-electron chi connectivity index (χ3n) is 3.97. The zero-order valence-electron chi connectivity index (χ0n) is 15.2. The van der Waals surface area contributed by atoms with E-state index in [0.29, 0.717) is 13.0 Å². The zero-order chi connectivity index (χ0) is 17.8. The van der Waals surface area contributed by atoms with E-state index >= 15 is 0 Å². The summed E-state index contributed by atoms with van der Waals surface area (Å²) in [5.41, 5.74) is -0.169. The number of hydrogen-bond acceptors (Lipinski definition) is 4. The molecule has 0 spiro atoms. The molecule has 4 nitrogen and oxygen atoms in total. The second-order valence-electron chi connectivity index (χ2n) is 6.55. The predicted molar refractivity (Wildman–Crippen MR) is 94.6 cm³/mol. The number of rotatable bonds is 11. The Morgan fingerprint density at radius 2 is 1.46 bits per heavy atom. The Labute approximate surface area is 145 Å². The van der Waals surface area contributed by atoms with E-state index in [-0.39, 0.29) is 6.61 Å². The summed E-state index contributed by atoms with van der Waals surface area (Å²) in [5.74, 6) is -1.04. The summed E-state index contributed by atoms with van der Waals surface area (Å²) in [5, 5.41) is 0. The van der Waals surface area contributed by atoms with Crippen LogP contribution < -0.4 is 0 Å². The Morgan fingerprint density at radius 3 is 2.08 bits per heavy atom. The first-order valence-electron chi connectivity index (χ1n) is 8.87. The van der Waals surface area contributed by atoms with Gasteiger partial charge in [0, 0.05) is 6.42 Å². The summed E-state index contributed by atoms with van der Waals surface area (Å²) in [4.78, 5) is 24.3. The van der Waals surface area contributed by atoms with Gasteiger partial charge in [0.15, 0.2) is 5.41 Å². The van der Waals surface area contributed by atoms with Gasteiger partial charge in [0.25, 0.3) is 0 Å². The van der Waals surface area contributed by atoms with Crippen LogP contribution in [0.15, 0.2) is 30.3 Å². The SMILES string of the molecule is CCCCCCCOC(=O)C(C)(C)C(=O)OCCc1ccccc1. The number of carbonyl (C=O) groups excluding carboxylic acids is 2. The summed E-state index contributed by atoms with van der Waals surface area (Å²) in [6, 6.07) is 9.78. The van der Waals surface area contributed by atoms with E-state index in [1.54, 1.807) is 13.8 Å². The molecule has 24 heavy (non-hydrogen) atoms. The highest BCUT2D eigenvalue weighted by atomic mass is 16.6. The lowest BCUT2D eigenvalue weighted by molar-refractivity contribution is -0.169. The average Bonchev–Trinajstić information content (AvgIpc) is 2.58. The van der Waals surface area contributed by atoms with Gasteiger partial charge in [-0.2, -0.15) is 0 Å². The lowest BCUT2D eigenvalue weighted by Crippen LogP contribution is -2.37. The van der Waals surface area contributed by atoms with Crippen LogP contribution in [-0.4, -0.2) is 25.2 Å². The molecule has 0 saturated carbocycles. The van der Waals surface area contributed by atoms with Gasteiger partial charge in [-0.15, -0.1) is 0 Å². The van der Waals surface area contributed by atoms with Crippen molar-refractivity contribution >= 4 is 11.9 Å². The van der Waals surface area contributed by atoms with E-state index < -0.39 is 17.4 Å². The maximum absolute atomic E-state index is 12.1. The highest BCUT2D eigenvalue weighted by molar-refractivity contribution is 5.99. The van der Waals surface area contributed by atoms with Crippen LogP contribution in [0.2, 0.25) is 0 Å². The number of benzene rings is 1. The third kappa shape index (κ3) is 7.16. The van der Waals surface area contributed by atoms with Gasteiger partial charge in [-0.05, 0) is 25.8 Å². The molecule has 0 aromatic heterocycles. The van der Waals surface area contributed by atoms with Crippen molar-refractivity contribution in [3.8, 4) is 0 Å². The molecular formula is C20H30O4. The largest absolute Gasteiger partial charge is 0.465 e. The molecule has 0 fully saturated rings. The fraction of sp³-hybridized carbons (Fsp3) is 0.600. The van der Waals surface area contributed by atoms with Crippen LogP contribution in [0.1, 0.15) is 58.4 Å². The molecule has 0 aliphatic rings. The third-order valence-corrected chi connectivity index (χ3v) is 3.97. The normalized spacial score (nSPS) is 11.1. The molecule has 0 amide bonds. The molecular weight excluding hydrogens is 304 g/mol. The molecule has 0 bridgehead atoms. The minimum atomic E-state index is -1.26. The molecule has 0 heterocycles. The fourth-order valence-corrected chi connectivity index (χ4v) is 2.22. The number of unbranched alkanes of at least 4 members (excludes halogenated alkanes) is 4. The van der Waals surface area contributed by atoms with Crippen LogP contribution >= 0.6 is 0 Å². The van der Waals surface area contributed by atoms with E-state index in [1.807, 2.05) is 30.3 Å². The maximum Gasteiger partial charge on any atom is 0.322 e. The molecule has 0 radical (unpaired) electrons. The van der Waals surface area contributed by atoms with Crippen molar-refractivity contribution in [1.29, 1.82) is 0 Å². The van der Waals surface area contributed by atoms with Crippen molar-refractivity contribution in [3.63, 3.8) is 0 Å². The smallest absolute Gasteiger partial charge is 0.322 e. The Bertz CT molecular complexity index is 494. The Balaban J connectivity index is 2.28. The monoisotopic (exact) mass is 334 g/mol. The van der Waals surface area contributed by atoms with Crippen LogP contribution in [0.25, 0.3) is 0 Å². The summed E-state index contributed by atoms with van der Waals surface area (Å²) < 4.78 is 10.5. The summed E-state index contributed by atoms with van der Waals surface area (Å²) in [7, 11) is 0. The van der Waals surface area contributed by atoms with Crippen LogP contribution in [0, 0.1) is 5.41 Å². The quantitative estimate of drug-likeness (QED) is 0.344. The lowest BCUT2D eigenvalue weighted by atomic mass is 9.94. The molecule has 0 atom stereocenters. The predicted octanol–water partition coefficient (Wildman–Crippen LogP) is 4.31. The number of esters is 2. The van der Waals surface area contributed by atoms with Gasteiger partial charge >= 0.3 is 11.9 Å². The van der Waals surface area contributed by atoms with E-state index in [2.05, 4.69) is 6.92 Å². The minimum absolute atomic E-state index is 0.260. The number of hydrogen-bond donors (Lipinski definition) is 0. The van der Waals surface area contributed by atoms with Crippen LogP contribution in [0.5, 0.6) is 0 Å². The molecule has 0 aliphatic heterocycles. The molecule has 1 aromatic rings. The van der Waals surface area contributed by atoms with Crippen molar-refractivity contribution < 1.29 is 19.1 Å². The number of ether oxygens (including phenoxy) is 2. The Morgan fingerprint density at radius 1 is 0.875 bits per heavy atom. The van der Waals surface area contributed by atoms with Crippen LogP contribution in [0.4, 0.5) is 0 Å². The number of carbonyl (C=O) groups is 2. The van der Waals surface area contributed by atoms with Gasteiger partial charge in [-0.1, -0.05) is 62.9 Å². The molecule has 1 rings (SSSR count). The molecule has 0 N–H and O–H groups in total. The van der Waals surface area contributed by atoms with Gasteiger partial charge in [0.2, 0.25) is 0 Å². The second kappa shape index (κ2) is 10.8. The Hall–Kier alpha value is -1.84. The van der Waals surface area contributed by atoms with Crippen molar-refractivity contribution in [1.82, 2.24) is 0 Å². The average molecular weight is 334 g/mol. The van der Waals surface area contributed by atoms with Gasteiger partial charge in [-0.25, -0.2) is 0 Å². The second-order valence-corrected chi connectivity index (χ2v) is 6.55. The van der Waals surface area contributed by atoms with Crippen molar-refractivity contribution in [2.75, 3.05) is 13.2 Å². The molecule has 4 heteroatoms. The van der Waals surface area contributed by atoms with Crippen LogP contribution in [0.3, 0.4) is 0 Å². The summed E-state index contributed by atoms with van der Waals surface area (Å²) in [6.45, 7) is 5.89. The van der Waals surface area contributed by atoms with E-state index in [1.165, 1.54) is 12.8 Å². The van der Waals surface area contributed by atoms with E-state index in [4.69, 9.17) is 9.47 Å². The van der Waals surface area contributed by atoms with E-state index in [9.17, 15) is 9.59 Å². The van der Waals surface area contributed by atoms with Gasteiger partial charge in [0.1, 0.15) is 0 Å². The van der Waals surface area contributed by atoms with Crippen molar-refractivity contribution in [2.45, 2.75) is 59.3 Å². The zero-order valence-corrected chi connectivity index (χ0v) is 15.2. The molecule has 134 valence electrons. The first kappa shape index (κ1) is 20.2. The topological polar surface area (TPSA) is 52.6 Å². The molecule has 0 aliphatic carbocycles. The Kier molecular flexibility index (Phi) is 9.13. The highest BCUT2D eigenvalue weighted by Crippen LogP contribution is 2.20. The van der Waals surface area contributed by atoms with E-state index in [0.717, 1.165) is 24.8 Å². The first-order valence-corrected chi connectivity index (χ1v) is 8.87. The molecule has 0 unspecified atom stereocenters.